The molecule has 0 aromatic carbocycles. The monoisotopic (exact) mass is 231 g/mol. The summed E-state index contributed by atoms with van der Waals surface area (Å²) >= 11 is 3.30. The molecule has 0 unspecified atom stereocenters. The van der Waals surface area contributed by atoms with E-state index in [1.807, 2.05) is 12.1 Å². The molecule has 0 aliphatic heterocycles. The standard InChI is InChI=1S/C8H10BrNO2/c9-7-3-1-4-10-8(7)12-6-2-5-11/h1,3-4,11H,2,5-6H2. The van der Waals surface area contributed by atoms with Crippen molar-refractivity contribution in [2.24, 2.45) is 0 Å². The number of aliphatic hydroxyl groups excluding tert-OH is 1. The molecule has 66 valence electrons. The second-order valence-electron chi connectivity index (χ2n) is 2.22. The SMILES string of the molecule is OCCCOc1ncccc1Br. The number of aromatic nitrogens is 1. The normalized spacial score (nSPS) is 9.83. The Bertz CT molecular complexity index is 242. The molecule has 12 heavy (non-hydrogen) atoms. The number of hydrogen-bond acceptors (Lipinski definition) is 3. The molecule has 1 N–H and O–H groups in total. The molecule has 0 aliphatic carbocycles. The zero-order chi connectivity index (χ0) is 8.81. The van der Waals surface area contributed by atoms with Gasteiger partial charge in [0.1, 0.15) is 0 Å². The maximum absolute atomic E-state index is 8.50. The van der Waals surface area contributed by atoms with Crippen LogP contribution in [-0.4, -0.2) is 23.3 Å². The molecule has 0 radical (unpaired) electrons. The molecule has 3 nitrogen and oxygen atoms in total. The molecule has 0 atom stereocenters. The minimum absolute atomic E-state index is 0.143. The second kappa shape index (κ2) is 5.11. The Morgan fingerprint density at radius 1 is 1.58 bits per heavy atom. The first-order valence-electron chi connectivity index (χ1n) is 3.69. The van der Waals surface area contributed by atoms with Gasteiger partial charge in [-0.3, -0.25) is 0 Å². The summed E-state index contributed by atoms with van der Waals surface area (Å²) in [6, 6.07) is 3.68. The number of pyridine rings is 1. The predicted molar refractivity (Wildman–Crippen MR) is 49.1 cm³/mol. The van der Waals surface area contributed by atoms with E-state index in [1.165, 1.54) is 0 Å². The Morgan fingerprint density at radius 2 is 2.42 bits per heavy atom. The van der Waals surface area contributed by atoms with Crippen LogP contribution in [0.3, 0.4) is 0 Å². The summed E-state index contributed by atoms with van der Waals surface area (Å²) in [5.74, 6) is 0.575. The average Bonchev–Trinajstić information content (AvgIpc) is 2.09. The maximum Gasteiger partial charge on any atom is 0.227 e. The molecule has 0 aliphatic rings. The molecule has 1 rings (SSSR count). The van der Waals surface area contributed by atoms with Crippen molar-refractivity contribution in [1.82, 2.24) is 4.98 Å². The number of hydrogen-bond donors (Lipinski definition) is 1. The van der Waals surface area contributed by atoms with Crippen molar-refractivity contribution in [3.8, 4) is 5.88 Å². The first-order chi connectivity index (χ1) is 5.84. The van der Waals surface area contributed by atoms with Gasteiger partial charge < -0.3 is 9.84 Å². The van der Waals surface area contributed by atoms with Crippen molar-refractivity contribution in [2.75, 3.05) is 13.2 Å². The molecule has 1 heterocycles. The molecule has 0 saturated heterocycles. The van der Waals surface area contributed by atoms with Gasteiger partial charge in [-0.15, -0.1) is 0 Å². The summed E-state index contributed by atoms with van der Waals surface area (Å²) in [6.07, 6.45) is 2.29. The molecule has 0 saturated carbocycles. The summed E-state index contributed by atoms with van der Waals surface area (Å²) < 4.78 is 6.10. The largest absolute Gasteiger partial charge is 0.477 e. The van der Waals surface area contributed by atoms with Crippen LogP contribution >= 0.6 is 15.9 Å². The van der Waals surface area contributed by atoms with E-state index in [2.05, 4.69) is 20.9 Å². The van der Waals surface area contributed by atoms with Crippen LogP contribution in [0, 0.1) is 0 Å². The third-order valence-electron chi connectivity index (χ3n) is 1.27. The number of ether oxygens (including phenoxy) is 1. The van der Waals surface area contributed by atoms with Gasteiger partial charge in [0.05, 0.1) is 11.1 Å². The van der Waals surface area contributed by atoms with E-state index in [0.29, 0.717) is 18.9 Å². The lowest BCUT2D eigenvalue weighted by Gasteiger charge is -2.04. The molecular weight excluding hydrogens is 222 g/mol. The van der Waals surface area contributed by atoms with Crippen LogP contribution in [0.1, 0.15) is 6.42 Å². The summed E-state index contributed by atoms with van der Waals surface area (Å²) in [7, 11) is 0. The van der Waals surface area contributed by atoms with Gasteiger partial charge in [-0.25, -0.2) is 4.98 Å². The number of halogens is 1. The van der Waals surface area contributed by atoms with E-state index in [0.717, 1.165) is 4.47 Å². The van der Waals surface area contributed by atoms with E-state index in [4.69, 9.17) is 9.84 Å². The molecule has 1 aromatic rings. The molecule has 1 aromatic heterocycles. The molecular formula is C8H10BrNO2. The smallest absolute Gasteiger partial charge is 0.227 e. The van der Waals surface area contributed by atoms with Crippen molar-refractivity contribution in [3.63, 3.8) is 0 Å². The van der Waals surface area contributed by atoms with Crippen molar-refractivity contribution in [2.45, 2.75) is 6.42 Å². The van der Waals surface area contributed by atoms with Crippen molar-refractivity contribution < 1.29 is 9.84 Å². The quantitative estimate of drug-likeness (QED) is 0.802. The Kier molecular flexibility index (Phi) is 4.04. The lowest BCUT2D eigenvalue weighted by molar-refractivity contribution is 0.228. The van der Waals surface area contributed by atoms with E-state index in [9.17, 15) is 0 Å². The lowest BCUT2D eigenvalue weighted by Crippen LogP contribution is -2.01. The summed E-state index contributed by atoms with van der Waals surface area (Å²) in [5, 5.41) is 8.50. The second-order valence-corrected chi connectivity index (χ2v) is 3.07. The first-order valence-corrected chi connectivity index (χ1v) is 4.48. The van der Waals surface area contributed by atoms with E-state index in [-0.39, 0.29) is 6.61 Å². The summed E-state index contributed by atoms with van der Waals surface area (Å²) in [4.78, 5) is 4.00. The highest BCUT2D eigenvalue weighted by Crippen LogP contribution is 2.20. The topological polar surface area (TPSA) is 42.4 Å². The number of nitrogens with zero attached hydrogens (tertiary/aromatic N) is 1. The van der Waals surface area contributed by atoms with Gasteiger partial charge in [0.2, 0.25) is 5.88 Å². The maximum atomic E-state index is 8.50. The van der Waals surface area contributed by atoms with Gasteiger partial charge in [-0.2, -0.15) is 0 Å². The van der Waals surface area contributed by atoms with Crippen LogP contribution < -0.4 is 4.74 Å². The van der Waals surface area contributed by atoms with E-state index >= 15 is 0 Å². The fraction of sp³-hybridized carbons (Fsp3) is 0.375. The summed E-state index contributed by atoms with van der Waals surface area (Å²) in [6.45, 7) is 0.635. The molecule has 0 fully saturated rings. The highest BCUT2D eigenvalue weighted by atomic mass is 79.9. The highest BCUT2D eigenvalue weighted by Gasteiger charge is 1.99. The Hall–Kier alpha value is -0.610. The van der Waals surface area contributed by atoms with Crippen LogP contribution in [0.2, 0.25) is 0 Å². The number of aliphatic hydroxyl groups is 1. The van der Waals surface area contributed by atoms with Gasteiger partial charge >= 0.3 is 0 Å². The Labute approximate surface area is 79.5 Å². The van der Waals surface area contributed by atoms with Crippen molar-refractivity contribution in [1.29, 1.82) is 0 Å². The van der Waals surface area contributed by atoms with E-state index in [1.54, 1.807) is 6.20 Å². The van der Waals surface area contributed by atoms with Crippen molar-refractivity contribution >= 4 is 15.9 Å². The van der Waals surface area contributed by atoms with Crippen LogP contribution in [0.5, 0.6) is 5.88 Å². The highest BCUT2D eigenvalue weighted by molar-refractivity contribution is 9.10. The van der Waals surface area contributed by atoms with Gasteiger partial charge in [-0.1, -0.05) is 0 Å². The first kappa shape index (κ1) is 9.48. The van der Waals surface area contributed by atoms with Gasteiger partial charge in [-0.05, 0) is 28.1 Å². The zero-order valence-electron chi connectivity index (χ0n) is 6.53. The minimum Gasteiger partial charge on any atom is -0.477 e. The van der Waals surface area contributed by atoms with Crippen molar-refractivity contribution in [3.05, 3.63) is 22.8 Å². The fourth-order valence-corrected chi connectivity index (χ4v) is 1.08. The average molecular weight is 232 g/mol. The van der Waals surface area contributed by atoms with Gasteiger partial charge in [0.25, 0.3) is 0 Å². The zero-order valence-corrected chi connectivity index (χ0v) is 8.12. The lowest BCUT2D eigenvalue weighted by atomic mass is 10.5. The molecule has 0 bridgehead atoms. The predicted octanol–water partition coefficient (Wildman–Crippen LogP) is 1.61. The van der Waals surface area contributed by atoms with E-state index < -0.39 is 0 Å². The van der Waals surface area contributed by atoms with Crippen LogP contribution in [0.4, 0.5) is 0 Å². The fourth-order valence-electron chi connectivity index (χ4n) is 0.711. The molecule has 4 heteroatoms. The third-order valence-corrected chi connectivity index (χ3v) is 1.87. The Morgan fingerprint density at radius 3 is 3.08 bits per heavy atom. The third kappa shape index (κ3) is 2.79. The van der Waals surface area contributed by atoms with Gasteiger partial charge in [0, 0.05) is 19.2 Å². The van der Waals surface area contributed by atoms with Crippen LogP contribution in [-0.2, 0) is 0 Å². The number of rotatable bonds is 4. The van der Waals surface area contributed by atoms with Crippen LogP contribution in [0.25, 0.3) is 0 Å². The van der Waals surface area contributed by atoms with Gasteiger partial charge in [0.15, 0.2) is 0 Å². The Balaban J connectivity index is 2.46. The minimum atomic E-state index is 0.143. The summed E-state index contributed by atoms with van der Waals surface area (Å²) in [5.41, 5.74) is 0. The molecule has 0 spiro atoms. The van der Waals surface area contributed by atoms with Crippen LogP contribution in [0.15, 0.2) is 22.8 Å². The molecule has 0 amide bonds.